The largest absolute Gasteiger partial charge is 0.468 e. The van der Waals surface area contributed by atoms with Gasteiger partial charge in [-0.25, -0.2) is 9.79 Å². The molecule has 3 heterocycles. The Hall–Kier alpha value is -4.24. The Morgan fingerprint density at radius 3 is 2.52 bits per heavy atom. The zero-order valence-corrected chi connectivity index (χ0v) is 24.0. The van der Waals surface area contributed by atoms with Crippen molar-refractivity contribution in [1.29, 1.82) is 0 Å². The molecule has 5 rings (SSSR count). The summed E-state index contributed by atoms with van der Waals surface area (Å²) < 4.78 is 14.1. The molecule has 0 saturated heterocycles. The first kappa shape index (κ1) is 27.3. The topological polar surface area (TPSA) is 91.9 Å². The van der Waals surface area contributed by atoms with Crippen LogP contribution in [0.1, 0.15) is 56.3 Å². The molecule has 0 fully saturated rings. The quantitative estimate of drug-likeness (QED) is 0.320. The van der Waals surface area contributed by atoms with Gasteiger partial charge in [-0.15, -0.1) is 0 Å². The molecule has 206 valence electrons. The van der Waals surface area contributed by atoms with Crippen LogP contribution >= 0.6 is 11.3 Å². The molecule has 4 aromatic rings. The summed E-state index contributed by atoms with van der Waals surface area (Å²) in [5, 5.41) is 0.904. The molecule has 40 heavy (non-hydrogen) atoms. The van der Waals surface area contributed by atoms with E-state index < -0.39 is 12.0 Å². The first-order valence-corrected chi connectivity index (χ1v) is 14.0. The smallest absolute Gasteiger partial charge is 0.338 e. The van der Waals surface area contributed by atoms with Crippen LogP contribution in [0.25, 0.3) is 17.0 Å². The monoisotopic (exact) mass is 557 g/mol. The van der Waals surface area contributed by atoms with E-state index in [0.29, 0.717) is 26.5 Å². The van der Waals surface area contributed by atoms with Gasteiger partial charge in [0.05, 0.1) is 35.6 Å². The predicted molar refractivity (Wildman–Crippen MR) is 155 cm³/mol. The second-order valence-corrected chi connectivity index (χ2v) is 10.9. The van der Waals surface area contributed by atoms with Crippen molar-refractivity contribution >= 4 is 40.3 Å². The van der Waals surface area contributed by atoms with Gasteiger partial charge in [-0.3, -0.25) is 14.2 Å². The number of ether oxygens (including phenoxy) is 2. The summed E-state index contributed by atoms with van der Waals surface area (Å²) in [6.45, 7) is 8.04. The van der Waals surface area contributed by atoms with E-state index in [4.69, 9.17) is 9.47 Å². The maximum absolute atomic E-state index is 14.0. The van der Waals surface area contributed by atoms with E-state index in [2.05, 4.69) is 18.8 Å². The van der Waals surface area contributed by atoms with Gasteiger partial charge < -0.3 is 14.0 Å². The number of esters is 2. The molecule has 2 aromatic carbocycles. The lowest BCUT2D eigenvalue weighted by atomic mass is 9.93. The fraction of sp³-hybridized carbons (Fsp3) is 0.290. The molecule has 0 saturated carbocycles. The number of benzene rings is 2. The maximum atomic E-state index is 14.0. The summed E-state index contributed by atoms with van der Waals surface area (Å²) in [6.07, 6.45) is 3.67. The number of aromatic nitrogens is 2. The van der Waals surface area contributed by atoms with Gasteiger partial charge in [-0.2, -0.15) is 0 Å². The molecule has 0 bridgehead atoms. The minimum absolute atomic E-state index is 0.0561. The van der Waals surface area contributed by atoms with Crippen LogP contribution in [0.5, 0.6) is 0 Å². The van der Waals surface area contributed by atoms with Crippen LogP contribution in [0.15, 0.2) is 75.8 Å². The number of hydrogen-bond donors (Lipinski definition) is 0. The molecule has 1 unspecified atom stereocenters. The number of thiazole rings is 1. The van der Waals surface area contributed by atoms with Crippen LogP contribution in [-0.4, -0.2) is 34.8 Å². The number of nitrogens with zero attached hydrogens (tertiary/aromatic N) is 3. The first-order valence-electron chi connectivity index (χ1n) is 13.2. The highest BCUT2D eigenvalue weighted by Crippen LogP contribution is 2.31. The molecule has 8 nitrogen and oxygen atoms in total. The van der Waals surface area contributed by atoms with E-state index >= 15 is 0 Å². The van der Waals surface area contributed by atoms with Crippen molar-refractivity contribution in [2.24, 2.45) is 4.99 Å². The number of fused-ring (bicyclic) bond motifs is 2. The van der Waals surface area contributed by atoms with Gasteiger partial charge in [0, 0.05) is 22.7 Å². The molecule has 0 amide bonds. The Morgan fingerprint density at radius 1 is 1.12 bits per heavy atom. The molecule has 0 radical (unpaired) electrons. The van der Waals surface area contributed by atoms with Crippen molar-refractivity contribution in [3.05, 3.63) is 102 Å². The minimum Gasteiger partial charge on any atom is -0.468 e. The highest BCUT2D eigenvalue weighted by molar-refractivity contribution is 7.07. The van der Waals surface area contributed by atoms with Gasteiger partial charge in [0.1, 0.15) is 6.54 Å². The van der Waals surface area contributed by atoms with Crippen LogP contribution in [-0.2, 0) is 25.6 Å². The van der Waals surface area contributed by atoms with Crippen LogP contribution in [0.3, 0.4) is 0 Å². The van der Waals surface area contributed by atoms with E-state index in [-0.39, 0.29) is 24.7 Å². The zero-order valence-electron chi connectivity index (χ0n) is 23.1. The van der Waals surface area contributed by atoms with Gasteiger partial charge in [-0.05, 0) is 43.0 Å². The van der Waals surface area contributed by atoms with E-state index in [0.717, 1.165) is 27.6 Å². The van der Waals surface area contributed by atoms with Gasteiger partial charge >= 0.3 is 11.9 Å². The molecule has 1 aliphatic heterocycles. The van der Waals surface area contributed by atoms with Gasteiger partial charge in [-0.1, -0.05) is 67.6 Å². The molecular weight excluding hydrogens is 526 g/mol. The third-order valence-electron chi connectivity index (χ3n) is 7.07. The number of allylic oxidation sites excluding steroid dienone is 1. The minimum atomic E-state index is -0.667. The summed E-state index contributed by atoms with van der Waals surface area (Å²) in [6, 6.07) is 15.0. The average molecular weight is 558 g/mol. The van der Waals surface area contributed by atoms with Crippen molar-refractivity contribution in [3.63, 3.8) is 0 Å². The fourth-order valence-corrected chi connectivity index (χ4v) is 6.07. The van der Waals surface area contributed by atoms with Crippen LogP contribution in [0, 0.1) is 0 Å². The Morgan fingerprint density at radius 2 is 1.85 bits per heavy atom. The first-order chi connectivity index (χ1) is 19.2. The highest BCUT2D eigenvalue weighted by Gasteiger charge is 2.33. The summed E-state index contributed by atoms with van der Waals surface area (Å²) in [7, 11) is 1.36. The van der Waals surface area contributed by atoms with Crippen LogP contribution < -0.4 is 14.9 Å². The Bertz CT molecular complexity index is 1820. The second-order valence-electron chi connectivity index (χ2n) is 9.93. The molecule has 2 aromatic heterocycles. The number of para-hydroxylation sites is 1. The molecule has 1 atom stereocenters. The van der Waals surface area contributed by atoms with E-state index in [9.17, 15) is 14.4 Å². The van der Waals surface area contributed by atoms with Gasteiger partial charge in [0.15, 0.2) is 4.80 Å². The normalized spacial score (nSPS) is 15.3. The molecule has 0 N–H and O–H groups in total. The Balaban J connectivity index is 1.70. The zero-order chi connectivity index (χ0) is 28.6. The fourth-order valence-electron chi connectivity index (χ4n) is 5.04. The standard InChI is InChI=1S/C31H31N3O5S/c1-6-39-30(37)27-19(4)32-31-34(28(27)21-13-11-20(12-14-21)18(2)3)29(36)25(40-31)15-22-16-33(17-26(35)38-5)24-10-8-7-9-23(22)24/h7-16,18,28H,6,17H2,1-5H3. The van der Waals surface area contributed by atoms with E-state index in [1.165, 1.54) is 18.4 Å². The molecule has 0 aliphatic carbocycles. The number of hydrogen-bond acceptors (Lipinski definition) is 7. The average Bonchev–Trinajstić information content (AvgIpc) is 3.44. The third kappa shape index (κ3) is 4.93. The number of carbonyl (C=O) groups excluding carboxylic acids is 2. The van der Waals surface area contributed by atoms with E-state index in [1.54, 1.807) is 18.4 Å². The summed E-state index contributed by atoms with van der Waals surface area (Å²) in [5.74, 6) is -0.502. The lowest BCUT2D eigenvalue weighted by Gasteiger charge is -2.25. The van der Waals surface area contributed by atoms with Crippen molar-refractivity contribution in [1.82, 2.24) is 9.13 Å². The lowest BCUT2D eigenvalue weighted by molar-refractivity contribution is -0.141. The SMILES string of the molecule is CCOC(=O)C1=C(C)N=c2sc(=Cc3cn(CC(=O)OC)c4ccccc34)c(=O)n2C1c1ccc(C(C)C)cc1. The van der Waals surface area contributed by atoms with Gasteiger partial charge in [0.25, 0.3) is 5.56 Å². The van der Waals surface area contributed by atoms with Crippen molar-refractivity contribution in [3.8, 4) is 0 Å². The van der Waals surface area contributed by atoms with Crippen LogP contribution in [0.2, 0.25) is 0 Å². The Labute approximate surface area is 235 Å². The summed E-state index contributed by atoms with van der Waals surface area (Å²) >= 11 is 1.27. The number of methoxy groups -OCH3 is 1. The summed E-state index contributed by atoms with van der Waals surface area (Å²) in [4.78, 5) is 44.3. The lowest BCUT2D eigenvalue weighted by Crippen LogP contribution is -2.39. The molecule has 1 aliphatic rings. The molecule has 0 spiro atoms. The second kappa shape index (κ2) is 11.1. The Kier molecular flexibility index (Phi) is 7.58. The van der Waals surface area contributed by atoms with Gasteiger partial charge in [0.2, 0.25) is 0 Å². The predicted octanol–water partition coefficient (Wildman–Crippen LogP) is 4.05. The number of rotatable bonds is 7. The number of carbonyl (C=O) groups is 2. The highest BCUT2D eigenvalue weighted by atomic mass is 32.1. The van der Waals surface area contributed by atoms with E-state index in [1.807, 2.05) is 65.4 Å². The van der Waals surface area contributed by atoms with Crippen LogP contribution in [0.4, 0.5) is 0 Å². The maximum Gasteiger partial charge on any atom is 0.338 e. The van der Waals surface area contributed by atoms with Crippen molar-refractivity contribution in [2.75, 3.05) is 13.7 Å². The molecular formula is C31H31N3O5S. The summed E-state index contributed by atoms with van der Waals surface area (Å²) in [5.41, 5.74) is 4.26. The molecule has 9 heteroatoms. The van der Waals surface area contributed by atoms with Crippen molar-refractivity contribution < 1.29 is 19.1 Å². The van der Waals surface area contributed by atoms with Crippen molar-refractivity contribution in [2.45, 2.75) is 46.2 Å². The third-order valence-corrected chi connectivity index (χ3v) is 8.05.